The maximum atomic E-state index is 6.09. The van der Waals surface area contributed by atoms with Gasteiger partial charge in [-0.25, -0.2) is 4.98 Å². The number of aryl methyl sites for hydroxylation is 1. The zero-order valence-electron chi connectivity index (χ0n) is 11.2. The van der Waals surface area contributed by atoms with E-state index in [0.717, 1.165) is 18.4 Å². The van der Waals surface area contributed by atoms with E-state index in [1.165, 1.54) is 29.7 Å². The highest BCUT2D eigenvalue weighted by Gasteiger charge is 2.28. The predicted octanol–water partition coefficient (Wildman–Crippen LogP) is 2.96. The van der Waals surface area contributed by atoms with Crippen molar-refractivity contribution < 1.29 is 0 Å². The Bertz CT molecular complexity index is 566. The van der Waals surface area contributed by atoms with Gasteiger partial charge in [0.25, 0.3) is 0 Å². The molecule has 3 nitrogen and oxygen atoms in total. The van der Waals surface area contributed by atoms with Gasteiger partial charge in [0.2, 0.25) is 0 Å². The van der Waals surface area contributed by atoms with Gasteiger partial charge in [-0.2, -0.15) is 0 Å². The summed E-state index contributed by atoms with van der Waals surface area (Å²) in [4.78, 5) is 4.81. The monoisotopic (exact) mass is 243 g/mol. The number of imidazole rings is 1. The molecule has 0 saturated heterocycles. The standard InChI is InChI=1S/C15H21N3/c1-3-11(16)9-15-17-13-8-10(2)4-7-14(13)18(15)12-5-6-12/h4,7-8,11-12H,3,5-6,9,16H2,1-2H3. The Morgan fingerprint density at radius 2 is 2.22 bits per heavy atom. The molecule has 1 unspecified atom stereocenters. The topological polar surface area (TPSA) is 43.8 Å². The van der Waals surface area contributed by atoms with Crippen LogP contribution in [0.2, 0.25) is 0 Å². The average molecular weight is 243 g/mol. The minimum atomic E-state index is 0.223. The molecule has 0 bridgehead atoms. The fraction of sp³-hybridized carbons (Fsp3) is 0.533. The van der Waals surface area contributed by atoms with Gasteiger partial charge < -0.3 is 10.3 Å². The largest absolute Gasteiger partial charge is 0.327 e. The summed E-state index contributed by atoms with van der Waals surface area (Å²) in [5, 5.41) is 0. The van der Waals surface area contributed by atoms with E-state index in [-0.39, 0.29) is 6.04 Å². The van der Waals surface area contributed by atoms with Gasteiger partial charge in [0.15, 0.2) is 0 Å². The van der Waals surface area contributed by atoms with Crippen molar-refractivity contribution in [1.29, 1.82) is 0 Å². The van der Waals surface area contributed by atoms with Crippen LogP contribution in [0.5, 0.6) is 0 Å². The van der Waals surface area contributed by atoms with E-state index in [1.807, 2.05) is 0 Å². The van der Waals surface area contributed by atoms with Crippen LogP contribution in [0, 0.1) is 6.92 Å². The van der Waals surface area contributed by atoms with Crippen LogP contribution in [0.15, 0.2) is 18.2 Å². The fourth-order valence-corrected chi connectivity index (χ4v) is 2.52. The van der Waals surface area contributed by atoms with E-state index in [0.29, 0.717) is 6.04 Å². The zero-order valence-corrected chi connectivity index (χ0v) is 11.2. The molecule has 1 aromatic carbocycles. The first-order valence-corrected chi connectivity index (χ1v) is 6.92. The SMILES string of the molecule is CCC(N)Cc1nc2cc(C)ccc2n1C1CC1. The molecule has 3 heteroatoms. The summed E-state index contributed by atoms with van der Waals surface area (Å²) < 4.78 is 2.42. The van der Waals surface area contributed by atoms with Crippen molar-refractivity contribution in [3.8, 4) is 0 Å². The van der Waals surface area contributed by atoms with Gasteiger partial charge in [-0.05, 0) is 43.9 Å². The van der Waals surface area contributed by atoms with Gasteiger partial charge >= 0.3 is 0 Å². The lowest BCUT2D eigenvalue weighted by atomic mass is 10.1. The van der Waals surface area contributed by atoms with Crippen LogP contribution in [-0.4, -0.2) is 15.6 Å². The van der Waals surface area contributed by atoms with Crippen molar-refractivity contribution in [2.75, 3.05) is 0 Å². The highest BCUT2D eigenvalue weighted by atomic mass is 15.1. The molecular formula is C15H21N3. The lowest BCUT2D eigenvalue weighted by molar-refractivity contribution is 0.592. The van der Waals surface area contributed by atoms with Crippen LogP contribution >= 0.6 is 0 Å². The summed E-state index contributed by atoms with van der Waals surface area (Å²) in [7, 11) is 0. The Kier molecular flexibility index (Phi) is 2.86. The number of hydrogen-bond acceptors (Lipinski definition) is 2. The number of fused-ring (bicyclic) bond motifs is 1. The van der Waals surface area contributed by atoms with Gasteiger partial charge in [0, 0.05) is 18.5 Å². The van der Waals surface area contributed by atoms with Crippen LogP contribution in [0.4, 0.5) is 0 Å². The third kappa shape index (κ3) is 2.03. The molecule has 1 aromatic heterocycles. The zero-order chi connectivity index (χ0) is 12.7. The summed E-state index contributed by atoms with van der Waals surface area (Å²) >= 11 is 0. The van der Waals surface area contributed by atoms with Gasteiger partial charge in [-0.3, -0.25) is 0 Å². The number of aromatic nitrogens is 2. The Hall–Kier alpha value is -1.35. The molecule has 1 heterocycles. The lowest BCUT2D eigenvalue weighted by Crippen LogP contribution is -2.23. The second-order valence-corrected chi connectivity index (χ2v) is 5.49. The van der Waals surface area contributed by atoms with Gasteiger partial charge in [-0.15, -0.1) is 0 Å². The molecule has 1 atom stereocenters. The summed E-state index contributed by atoms with van der Waals surface area (Å²) in [6.45, 7) is 4.26. The van der Waals surface area contributed by atoms with Crippen LogP contribution < -0.4 is 5.73 Å². The summed E-state index contributed by atoms with van der Waals surface area (Å²) in [6.07, 6.45) is 4.47. The van der Waals surface area contributed by atoms with Gasteiger partial charge in [-0.1, -0.05) is 13.0 Å². The summed E-state index contributed by atoms with van der Waals surface area (Å²) in [5.41, 5.74) is 9.77. The molecule has 18 heavy (non-hydrogen) atoms. The Labute approximate surface area is 108 Å². The van der Waals surface area contributed by atoms with E-state index < -0.39 is 0 Å². The van der Waals surface area contributed by atoms with E-state index in [4.69, 9.17) is 10.7 Å². The molecule has 0 aliphatic heterocycles. The van der Waals surface area contributed by atoms with E-state index in [9.17, 15) is 0 Å². The minimum absolute atomic E-state index is 0.223. The first-order chi connectivity index (χ1) is 8.69. The maximum absolute atomic E-state index is 6.09. The van der Waals surface area contributed by atoms with Crippen molar-refractivity contribution in [2.45, 2.75) is 51.6 Å². The first kappa shape index (κ1) is 11.7. The number of nitrogens with two attached hydrogens (primary N) is 1. The third-order valence-corrected chi connectivity index (χ3v) is 3.80. The van der Waals surface area contributed by atoms with Crippen molar-refractivity contribution in [3.05, 3.63) is 29.6 Å². The molecule has 1 aliphatic rings. The quantitative estimate of drug-likeness (QED) is 0.897. The van der Waals surface area contributed by atoms with Gasteiger partial charge in [0.05, 0.1) is 11.0 Å². The number of rotatable bonds is 4. The van der Waals surface area contributed by atoms with E-state index in [2.05, 4.69) is 36.6 Å². The molecule has 96 valence electrons. The molecule has 1 fully saturated rings. The number of benzene rings is 1. The van der Waals surface area contributed by atoms with E-state index in [1.54, 1.807) is 0 Å². The normalized spacial score (nSPS) is 17.3. The molecule has 1 aliphatic carbocycles. The minimum Gasteiger partial charge on any atom is -0.327 e. The number of nitrogens with zero attached hydrogens (tertiary/aromatic N) is 2. The third-order valence-electron chi connectivity index (χ3n) is 3.80. The van der Waals surface area contributed by atoms with Crippen molar-refractivity contribution >= 4 is 11.0 Å². The van der Waals surface area contributed by atoms with Crippen LogP contribution in [-0.2, 0) is 6.42 Å². The number of hydrogen-bond donors (Lipinski definition) is 1. The molecule has 0 radical (unpaired) electrons. The highest BCUT2D eigenvalue weighted by molar-refractivity contribution is 5.77. The Morgan fingerprint density at radius 3 is 2.89 bits per heavy atom. The summed E-state index contributed by atoms with van der Waals surface area (Å²) in [5.74, 6) is 1.17. The fourth-order valence-electron chi connectivity index (χ4n) is 2.52. The molecule has 1 saturated carbocycles. The predicted molar refractivity (Wildman–Crippen MR) is 74.7 cm³/mol. The van der Waals surface area contributed by atoms with Crippen molar-refractivity contribution in [3.63, 3.8) is 0 Å². The molecular weight excluding hydrogens is 222 g/mol. The second-order valence-electron chi connectivity index (χ2n) is 5.49. The summed E-state index contributed by atoms with van der Waals surface area (Å²) in [6, 6.07) is 7.44. The Morgan fingerprint density at radius 1 is 1.44 bits per heavy atom. The Balaban J connectivity index is 2.08. The molecule has 2 aromatic rings. The van der Waals surface area contributed by atoms with Crippen LogP contribution in [0.1, 0.15) is 43.6 Å². The second kappa shape index (κ2) is 4.39. The van der Waals surface area contributed by atoms with Gasteiger partial charge in [0.1, 0.15) is 5.82 Å². The average Bonchev–Trinajstić information content (AvgIpc) is 3.11. The molecule has 2 N–H and O–H groups in total. The maximum Gasteiger partial charge on any atom is 0.111 e. The smallest absolute Gasteiger partial charge is 0.111 e. The van der Waals surface area contributed by atoms with Crippen LogP contribution in [0.25, 0.3) is 11.0 Å². The first-order valence-electron chi connectivity index (χ1n) is 6.92. The van der Waals surface area contributed by atoms with E-state index >= 15 is 0 Å². The van der Waals surface area contributed by atoms with Crippen LogP contribution in [0.3, 0.4) is 0 Å². The van der Waals surface area contributed by atoms with Crippen molar-refractivity contribution in [1.82, 2.24) is 9.55 Å². The van der Waals surface area contributed by atoms with Crippen molar-refractivity contribution in [2.24, 2.45) is 5.73 Å². The highest BCUT2D eigenvalue weighted by Crippen LogP contribution is 2.39. The molecule has 0 spiro atoms. The molecule has 3 rings (SSSR count). The lowest BCUT2D eigenvalue weighted by Gasteiger charge is -2.11. The molecule has 0 amide bonds.